The van der Waals surface area contributed by atoms with Crippen molar-refractivity contribution in [2.75, 3.05) is 11.1 Å². The van der Waals surface area contributed by atoms with Crippen molar-refractivity contribution in [1.82, 2.24) is 0 Å². The standard InChI is InChI=1S/C14H12ClFN2O/c1-8-2-3-9(16)6-13(8)18-14(19)11-7-10(17)4-5-12(11)15/h2-7H,17H2,1H3,(H,18,19). The molecule has 2 rings (SSSR count). The quantitative estimate of drug-likeness (QED) is 0.824. The van der Waals surface area contributed by atoms with Crippen molar-refractivity contribution in [2.45, 2.75) is 6.92 Å². The van der Waals surface area contributed by atoms with Crippen molar-refractivity contribution in [3.05, 3.63) is 58.4 Å². The molecule has 0 unspecified atom stereocenters. The zero-order valence-electron chi connectivity index (χ0n) is 10.2. The molecule has 0 aliphatic heterocycles. The number of rotatable bonds is 2. The van der Waals surface area contributed by atoms with Crippen LogP contribution in [0.25, 0.3) is 0 Å². The van der Waals surface area contributed by atoms with Crippen molar-refractivity contribution < 1.29 is 9.18 Å². The van der Waals surface area contributed by atoms with Gasteiger partial charge in [0.25, 0.3) is 5.91 Å². The molecule has 0 saturated heterocycles. The van der Waals surface area contributed by atoms with Gasteiger partial charge in [0.05, 0.1) is 10.6 Å². The molecule has 0 aliphatic carbocycles. The molecule has 3 N–H and O–H groups in total. The molecule has 1 amide bonds. The number of nitrogens with two attached hydrogens (primary N) is 1. The molecule has 0 atom stereocenters. The SMILES string of the molecule is Cc1ccc(F)cc1NC(=O)c1cc(N)ccc1Cl. The van der Waals surface area contributed by atoms with E-state index in [-0.39, 0.29) is 5.56 Å². The Morgan fingerprint density at radius 3 is 2.74 bits per heavy atom. The van der Waals surface area contributed by atoms with Crippen LogP contribution < -0.4 is 11.1 Å². The van der Waals surface area contributed by atoms with E-state index >= 15 is 0 Å². The van der Waals surface area contributed by atoms with E-state index in [0.717, 1.165) is 5.56 Å². The van der Waals surface area contributed by atoms with E-state index in [1.165, 1.54) is 18.2 Å². The van der Waals surface area contributed by atoms with Gasteiger partial charge < -0.3 is 11.1 Å². The second kappa shape index (κ2) is 5.28. The van der Waals surface area contributed by atoms with Gasteiger partial charge in [-0.05, 0) is 42.8 Å². The van der Waals surface area contributed by atoms with E-state index in [1.807, 2.05) is 0 Å². The van der Waals surface area contributed by atoms with Gasteiger partial charge in [-0.2, -0.15) is 0 Å². The summed E-state index contributed by atoms with van der Waals surface area (Å²) < 4.78 is 13.1. The lowest BCUT2D eigenvalue weighted by Gasteiger charge is -2.10. The Morgan fingerprint density at radius 2 is 2.00 bits per heavy atom. The third-order valence-electron chi connectivity index (χ3n) is 2.68. The first-order chi connectivity index (χ1) is 8.97. The molecule has 0 heterocycles. The molecule has 0 spiro atoms. The van der Waals surface area contributed by atoms with Crippen LogP contribution in [0.3, 0.4) is 0 Å². The van der Waals surface area contributed by atoms with Gasteiger partial charge in [0.15, 0.2) is 0 Å². The van der Waals surface area contributed by atoms with Gasteiger partial charge in [0.1, 0.15) is 5.82 Å². The summed E-state index contributed by atoms with van der Waals surface area (Å²) in [6.45, 7) is 1.77. The maximum absolute atomic E-state index is 13.1. The van der Waals surface area contributed by atoms with E-state index in [4.69, 9.17) is 17.3 Å². The number of aryl methyl sites for hydroxylation is 1. The van der Waals surface area contributed by atoms with Gasteiger partial charge >= 0.3 is 0 Å². The summed E-state index contributed by atoms with van der Waals surface area (Å²) in [7, 11) is 0. The molecule has 19 heavy (non-hydrogen) atoms. The normalized spacial score (nSPS) is 10.3. The van der Waals surface area contributed by atoms with Crippen LogP contribution in [0.15, 0.2) is 36.4 Å². The number of benzene rings is 2. The molecule has 0 aromatic heterocycles. The van der Waals surface area contributed by atoms with Crippen LogP contribution in [0.4, 0.5) is 15.8 Å². The van der Waals surface area contributed by atoms with Crippen LogP contribution in [-0.2, 0) is 0 Å². The predicted molar refractivity (Wildman–Crippen MR) is 75.0 cm³/mol. The molecular formula is C14H12ClFN2O. The first-order valence-corrected chi connectivity index (χ1v) is 5.97. The van der Waals surface area contributed by atoms with Gasteiger partial charge in [-0.25, -0.2) is 4.39 Å². The zero-order valence-corrected chi connectivity index (χ0v) is 11.0. The molecule has 2 aromatic carbocycles. The van der Waals surface area contributed by atoms with Crippen LogP contribution in [0.1, 0.15) is 15.9 Å². The number of carbonyl (C=O) groups is 1. The molecule has 5 heteroatoms. The Balaban J connectivity index is 2.30. The lowest BCUT2D eigenvalue weighted by molar-refractivity contribution is 0.102. The Bertz CT molecular complexity index is 643. The van der Waals surface area contributed by atoms with E-state index in [0.29, 0.717) is 16.4 Å². The van der Waals surface area contributed by atoms with Crippen molar-refractivity contribution in [2.24, 2.45) is 0 Å². The fourth-order valence-electron chi connectivity index (χ4n) is 1.64. The van der Waals surface area contributed by atoms with Crippen molar-refractivity contribution in [1.29, 1.82) is 0 Å². The van der Waals surface area contributed by atoms with Crippen molar-refractivity contribution >= 4 is 28.9 Å². The van der Waals surface area contributed by atoms with Crippen LogP contribution in [-0.4, -0.2) is 5.91 Å². The predicted octanol–water partition coefficient (Wildman–Crippen LogP) is 3.62. The smallest absolute Gasteiger partial charge is 0.257 e. The molecule has 0 aliphatic rings. The van der Waals surface area contributed by atoms with Crippen LogP contribution in [0.2, 0.25) is 5.02 Å². The Morgan fingerprint density at radius 1 is 1.26 bits per heavy atom. The zero-order chi connectivity index (χ0) is 14.0. The van der Waals surface area contributed by atoms with Gasteiger partial charge in [-0.15, -0.1) is 0 Å². The summed E-state index contributed by atoms with van der Waals surface area (Å²) in [6.07, 6.45) is 0. The highest BCUT2D eigenvalue weighted by atomic mass is 35.5. The van der Waals surface area contributed by atoms with Crippen molar-refractivity contribution in [3.8, 4) is 0 Å². The molecule has 0 fully saturated rings. The highest BCUT2D eigenvalue weighted by Gasteiger charge is 2.12. The minimum absolute atomic E-state index is 0.255. The van der Waals surface area contributed by atoms with E-state index in [1.54, 1.807) is 25.1 Å². The summed E-state index contributed by atoms with van der Waals surface area (Å²) in [5.74, 6) is -0.842. The highest BCUT2D eigenvalue weighted by Crippen LogP contribution is 2.22. The third-order valence-corrected chi connectivity index (χ3v) is 3.01. The number of nitrogen functional groups attached to an aromatic ring is 1. The number of anilines is 2. The summed E-state index contributed by atoms with van der Waals surface area (Å²) in [6, 6.07) is 8.81. The summed E-state index contributed by atoms with van der Waals surface area (Å²) in [4.78, 5) is 12.1. The number of hydrogen-bond acceptors (Lipinski definition) is 2. The van der Waals surface area contributed by atoms with Crippen LogP contribution in [0.5, 0.6) is 0 Å². The number of amides is 1. The molecule has 98 valence electrons. The maximum Gasteiger partial charge on any atom is 0.257 e. The monoisotopic (exact) mass is 278 g/mol. The minimum atomic E-state index is -0.425. The van der Waals surface area contributed by atoms with Crippen LogP contribution >= 0.6 is 11.6 Å². The van der Waals surface area contributed by atoms with Gasteiger partial charge in [-0.1, -0.05) is 17.7 Å². The number of nitrogens with one attached hydrogen (secondary N) is 1. The topological polar surface area (TPSA) is 55.1 Å². The Hall–Kier alpha value is -2.07. The summed E-state index contributed by atoms with van der Waals surface area (Å²) in [5.41, 5.74) is 7.47. The van der Waals surface area contributed by atoms with Crippen LogP contribution in [0, 0.1) is 12.7 Å². The molecular weight excluding hydrogens is 267 g/mol. The first kappa shape index (κ1) is 13.4. The van der Waals surface area contributed by atoms with E-state index < -0.39 is 11.7 Å². The fourth-order valence-corrected chi connectivity index (χ4v) is 1.84. The van der Waals surface area contributed by atoms with Crippen molar-refractivity contribution in [3.63, 3.8) is 0 Å². The summed E-state index contributed by atoms with van der Waals surface area (Å²) >= 11 is 5.94. The molecule has 0 saturated carbocycles. The average molecular weight is 279 g/mol. The lowest BCUT2D eigenvalue weighted by Crippen LogP contribution is -2.13. The second-order valence-electron chi connectivity index (χ2n) is 4.15. The second-order valence-corrected chi connectivity index (χ2v) is 4.56. The highest BCUT2D eigenvalue weighted by molar-refractivity contribution is 6.34. The number of carbonyl (C=O) groups excluding carboxylic acids is 1. The third kappa shape index (κ3) is 3.03. The summed E-state index contributed by atoms with van der Waals surface area (Å²) in [5, 5.41) is 2.91. The van der Waals surface area contributed by atoms with E-state index in [9.17, 15) is 9.18 Å². The lowest BCUT2D eigenvalue weighted by atomic mass is 10.1. The Labute approximate surface area is 115 Å². The van der Waals surface area contributed by atoms with E-state index in [2.05, 4.69) is 5.32 Å². The van der Waals surface area contributed by atoms with Gasteiger partial charge in [-0.3, -0.25) is 4.79 Å². The number of hydrogen-bond donors (Lipinski definition) is 2. The van der Waals surface area contributed by atoms with Gasteiger partial charge in [0, 0.05) is 11.4 Å². The first-order valence-electron chi connectivity index (χ1n) is 5.60. The molecule has 2 aromatic rings. The molecule has 0 bridgehead atoms. The number of halogens is 2. The average Bonchev–Trinajstić information content (AvgIpc) is 2.36. The van der Waals surface area contributed by atoms with Gasteiger partial charge in [0.2, 0.25) is 0 Å². The molecule has 3 nitrogen and oxygen atoms in total. The molecule has 0 radical (unpaired) electrons. The Kier molecular flexibility index (Phi) is 3.71. The fraction of sp³-hybridized carbons (Fsp3) is 0.0714. The largest absolute Gasteiger partial charge is 0.399 e. The maximum atomic E-state index is 13.1. The minimum Gasteiger partial charge on any atom is -0.399 e.